The Morgan fingerprint density at radius 2 is 1.95 bits per heavy atom. The van der Waals surface area contributed by atoms with Crippen molar-refractivity contribution in [1.82, 2.24) is 9.97 Å². The van der Waals surface area contributed by atoms with Crippen LogP contribution in [0.25, 0.3) is 0 Å². The van der Waals surface area contributed by atoms with Gasteiger partial charge in [-0.25, -0.2) is 9.97 Å². The highest BCUT2D eigenvalue weighted by Gasteiger charge is 2.10. The van der Waals surface area contributed by atoms with E-state index in [0.717, 1.165) is 0 Å². The summed E-state index contributed by atoms with van der Waals surface area (Å²) >= 11 is 1.32. The second kappa shape index (κ2) is 6.33. The number of nitrogens with zero attached hydrogens (tertiary/aromatic N) is 2. The molecule has 0 aliphatic heterocycles. The third kappa shape index (κ3) is 3.78. The number of rotatable bonds is 5. The van der Waals surface area contributed by atoms with E-state index in [4.69, 9.17) is 5.73 Å². The molecule has 0 fully saturated rings. The summed E-state index contributed by atoms with van der Waals surface area (Å²) in [7, 11) is 0. The molecule has 0 unspecified atom stereocenters. The molecule has 0 bridgehead atoms. The molecule has 0 aliphatic carbocycles. The Labute approximate surface area is 113 Å². The molecule has 0 radical (unpaired) electrons. The van der Waals surface area contributed by atoms with Gasteiger partial charge in [0.1, 0.15) is 10.8 Å². The van der Waals surface area contributed by atoms with Gasteiger partial charge >= 0.3 is 6.61 Å². The summed E-state index contributed by atoms with van der Waals surface area (Å²) in [6.07, 6.45) is 3.02. The van der Waals surface area contributed by atoms with Gasteiger partial charge in [0, 0.05) is 23.7 Å². The van der Waals surface area contributed by atoms with E-state index in [9.17, 15) is 8.78 Å². The van der Waals surface area contributed by atoms with Gasteiger partial charge in [-0.3, -0.25) is 0 Å². The molecule has 7 heteroatoms. The number of aromatic nitrogens is 2. The largest absolute Gasteiger partial charge is 0.435 e. The van der Waals surface area contributed by atoms with E-state index in [1.165, 1.54) is 30.2 Å². The molecule has 0 saturated carbocycles. The molecule has 2 rings (SSSR count). The van der Waals surface area contributed by atoms with Crippen molar-refractivity contribution < 1.29 is 13.5 Å². The predicted octanol–water partition coefficient (Wildman–Crippen LogP) is 2.95. The molecule has 100 valence electrons. The number of ether oxygens (including phenoxy) is 1. The lowest BCUT2D eigenvalue weighted by molar-refractivity contribution is -0.0503. The van der Waals surface area contributed by atoms with Crippen LogP contribution in [0.2, 0.25) is 0 Å². The van der Waals surface area contributed by atoms with Gasteiger partial charge in [0.2, 0.25) is 0 Å². The molecule has 0 atom stereocenters. The zero-order valence-electron chi connectivity index (χ0n) is 9.79. The second-order valence-corrected chi connectivity index (χ2v) is 4.49. The molecule has 1 aromatic carbocycles. The third-order valence-electron chi connectivity index (χ3n) is 2.24. The maximum atomic E-state index is 12.3. The van der Waals surface area contributed by atoms with Crippen LogP contribution < -0.4 is 10.5 Å². The molecular weight excluding hydrogens is 272 g/mol. The quantitative estimate of drug-likeness (QED) is 0.855. The normalized spacial score (nSPS) is 10.7. The van der Waals surface area contributed by atoms with E-state index >= 15 is 0 Å². The van der Waals surface area contributed by atoms with Crippen LogP contribution in [0.1, 0.15) is 5.56 Å². The fraction of sp³-hybridized carbons (Fsp3) is 0.167. The van der Waals surface area contributed by atoms with Crippen LogP contribution in [0.15, 0.2) is 41.7 Å². The zero-order chi connectivity index (χ0) is 13.7. The fourth-order valence-electron chi connectivity index (χ4n) is 1.43. The smallest absolute Gasteiger partial charge is 0.387 e. The highest BCUT2D eigenvalue weighted by molar-refractivity contribution is 7.98. The number of hydrogen-bond acceptors (Lipinski definition) is 5. The summed E-state index contributed by atoms with van der Waals surface area (Å²) in [6.45, 7) is -2.84. The van der Waals surface area contributed by atoms with Crippen molar-refractivity contribution >= 4 is 17.6 Å². The van der Waals surface area contributed by atoms with E-state index in [-0.39, 0.29) is 5.75 Å². The van der Waals surface area contributed by atoms with Gasteiger partial charge in [-0.05, 0) is 6.07 Å². The van der Waals surface area contributed by atoms with E-state index in [1.807, 2.05) is 0 Å². The van der Waals surface area contributed by atoms with Crippen LogP contribution >= 0.6 is 11.8 Å². The molecule has 2 aromatic rings. The number of benzene rings is 1. The van der Waals surface area contributed by atoms with Crippen LogP contribution in [0.4, 0.5) is 14.6 Å². The topological polar surface area (TPSA) is 61.0 Å². The van der Waals surface area contributed by atoms with Crippen molar-refractivity contribution in [2.75, 3.05) is 5.73 Å². The van der Waals surface area contributed by atoms with Gasteiger partial charge in [-0.1, -0.05) is 30.0 Å². The first-order valence-electron chi connectivity index (χ1n) is 5.39. The van der Waals surface area contributed by atoms with Crippen LogP contribution in [0.3, 0.4) is 0 Å². The van der Waals surface area contributed by atoms with Crippen LogP contribution in [0, 0.1) is 0 Å². The van der Waals surface area contributed by atoms with Gasteiger partial charge in [0.05, 0.1) is 0 Å². The van der Waals surface area contributed by atoms with Crippen molar-refractivity contribution in [2.24, 2.45) is 0 Å². The fourth-order valence-corrected chi connectivity index (χ4v) is 2.29. The van der Waals surface area contributed by atoms with Crippen molar-refractivity contribution in [3.63, 3.8) is 0 Å². The first kappa shape index (κ1) is 13.5. The average molecular weight is 283 g/mol. The monoisotopic (exact) mass is 283 g/mol. The lowest BCUT2D eigenvalue weighted by atomic mass is 10.2. The number of thioether (sulfide) groups is 1. The van der Waals surface area contributed by atoms with Crippen LogP contribution in [0.5, 0.6) is 5.75 Å². The molecule has 19 heavy (non-hydrogen) atoms. The summed E-state index contributed by atoms with van der Waals surface area (Å²) < 4.78 is 29.0. The van der Waals surface area contributed by atoms with E-state index in [2.05, 4.69) is 14.7 Å². The SMILES string of the molecule is Nc1nccnc1SCc1ccccc1OC(F)F. The number of anilines is 1. The lowest BCUT2D eigenvalue weighted by Crippen LogP contribution is -2.04. The van der Waals surface area contributed by atoms with Crippen LogP contribution in [-0.4, -0.2) is 16.6 Å². The molecule has 0 saturated heterocycles. The Balaban J connectivity index is 2.09. The first-order valence-corrected chi connectivity index (χ1v) is 6.37. The maximum absolute atomic E-state index is 12.3. The molecule has 2 N–H and O–H groups in total. The highest BCUT2D eigenvalue weighted by atomic mass is 32.2. The number of nitrogens with two attached hydrogens (primary N) is 1. The number of nitrogen functional groups attached to an aromatic ring is 1. The first-order chi connectivity index (χ1) is 9.16. The predicted molar refractivity (Wildman–Crippen MR) is 69.1 cm³/mol. The van der Waals surface area contributed by atoms with Gasteiger partial charge in [0.25, 0.3) is 0 Å². The van der Waals surface area contributed by atoms with Gasteiger partial charge in [-0.2, -0.15) is 8.78 Å². The summed E-state index contributed by atoms with van der Waals surface area (Å²) in [5.74, 6) is 0.901. The van der Waals surface area contributed by atoms with Gasteiger partial charge in [-0.15, -0.1) is 0 Å². The van der Waals surface area contributed by atoms with Crippen molar-refractivity contribution in [3.8, 4) is 5.75 Å². The van der Waals surface area contributed by atoms with Crippen molar-refractivity contribution in [3.05, 3.63) is 42.2 Å². The molecule has 1 heterocycles. The molecule has 0 aliphatic rings. The summed E-state index contributed by atoms with van der Waals surface area (Å²) in [5, 5.41) is 0.564. The average Bonchev–Trinajstić information content (AvgIpc) is 2.39. The van der Waals surface area contributed by atoms with Crippen LogP contribution in [-0.2, 0) is 5.75 Å². The number of alkyl halides is 2. The van der Waals surface area contributed by atoms with Gasteiger partial charge < -0.3 is 10.5 Å². The molecular formula is C12H11F2N3OS. The molecule has 0 spiro atoms. The minimum atomic E-state index is -2.84. The zero-order valence-corrected chi connectivity index (χ0v) is 10.6. The van der Waals surface area contributed by atoms with E-state index in [0.29, 0.717) is 22.2 Å². The summed E-state index contributed by atoms with van der Waals surface area (Å²) in [4.78, 5) is 7.98. The standard InChI is InChI=1S/C12H11F2N3OS/c13-12(14)18-9-4-2-1-3-8(9)7-19-11-10(15)16-5-6-17-11/h1-6,12H,7H2,(H2,15,16). The highest BCUT2D eigenvalue weighted by Crippen LogP contribution is 2.29. The summed E-state index contributed by atoms with van der Waals surface area (Å²) in [5.41, 5.74) is 6.31. The Hall–Kier alpha value is -1.89. The van der Waals surface area contributed by atoms with Crippen molar-refractivity contribution in [1.29, 1.82) is 0 Å². The van der Waals surface area contributed by atoms with Crippen molar-refractivity contribution in [2.45, 2.75) is 17.4 Å². The number of hydrogen-bond donors (Lipinski definition) is 1. The third-order valence-corrected chi connectivity index (χ3v) is 3.29. The second-order valence-electron chi connectivity index (χ2n) is 3.52. The molecule has 4 nitrogen and oxygen atoms in total. The maximum Gasteiger partial charge on any atom is 0.387 e. The molecule has 1 aromatic heterocycles. The Morgan fingerprint density at radius 1 is 1.21 bits per heavy atom. The number of halogens is 2. The van der Waals surface area contributed by atoms with E-state index < -0.39 is 6.61 Å². The minimum absolute atomic E-state index is 0.160. The van der Waals surface area contributed by atoms with E-state index in [1.54, 1.807) is 18.2 Å². The molecule has 0 amide bonds. The van der Waals surface area contributed by atoms with Gasteiger partial charge in [0.15, 0.2) is 5.82 Å². The minimum Gasteiger partial charge on any atom is -0.435 e. The summed E-state index contributed by atoms with van der Waals surface area (Å²) in [6, 6.07) is 6.62. The Kier molecular flexibility index (Phi) is 4.51. The lowest BCUT2D eigenvalue weighted by Gasteiger charge is -2.10. The Bertz CT molecular complexity index is 554. The Morgan fingerprint density at radius 3 is 2.68 bits per heavy atom. The number of para-hydroxylation sites is 1.